The Labute approximate surface area is 119 Å². The van der Waals surface area contributed by atoms with Crippen molar-refractivity contribution in [3.8, 4) is 0 Å². The molecule has 0 aliphatic heterocycles. The van der Waals surface area contributed by atoms with Gasteiger partial charge in [-0.1, -0.05) is 26.0 Å². The van der Waals surface area contributed by atoms with Gasteiger partial charge in [-0.2, -0.15) is 0 Å². The van der Waals surface area contributed by atoms with Gasteiger partial charge in [-0.05, 0) is 42.7 Å². The zero-order valence-corrected chi connectivity index (χ0v) is 12.5. The first-order valence-corrected chi connectivity index (χ1v) is 7.51. The number of thioether (sulfide) groups is 1. The van der Waals surface area contributed by atoms with Gasteiger partial charge in [0.05, 0.1) is 5.25 Å². The molecular weight excluding hydrogens is 254 g/mol. The lowest BCUT2D eigenvalue weighted by Gasteiger charge is -2.13. The van der Waals surface area contributed by atoms with E-state index in [1.807, 2.05) is 19.1 Å². The third-order valence-electron chi connectivity index (χ3n) is 3.12. The normalized spacial score (nSPS) is 12.9. The van der Waals surface area contributed by atoms with Crippen LogP contribution in [0.15, 0.2) is 45.7 Å². The van der Waals surface area contributed by atoms with Crippen LogP contribution >= 0.6 is 11.8 Å². The van der Waals surface area contributed by atoms with E-state index in [0.717, 1.165) is 11.5 Å². The smallest absolute Gasteiger partial charge is 0.118 e. The molecule has 0 saturated heterocycles. The van der Waals surface area contributed by atoms with Crippen LogP contribution in [0.2, 0.25) is 0 Å². The molecule has 2 rings (SSSR count). The predicted octanol–water partition coefficient (Wildman–Crippen LogP) is 4.50. The first kappa shape index (κ1) is 14.2. The van der Waals surface area contributed by atoms with E-state index < -0.39 is 0 Å². The van der Waals surface area contributed by atoms with Gasteiger partial charge in [0.2, 0.25) is 0 Å². The first-order chi connectivity index (χ1) is 9.10. The lowest BCUT2D eigenvalue weighted by molar-refractivity contribution is 0.481. The highest BCUT2D eigenvalue weighted by molar-refractivity contribution is 7.99. The number of aryl methyl sites for hydroxylation is 1. The van der Waals surface area contributed by atoms with Crippen LogP contribution in [0, 0.1) is 6.92 Å². The molecule has 0 radical (unpaired) electrons. The molecular formula is C16H21NOS. The lowest BCUT2D eigenvalue weighted by atomic mass is 10.0. The zero-order valence-electron chi connectivity index (χ0n) is 11.7. The molecule has 1 aromatic carbocycles. The van der Waals surface area contributed by atoms with E-state index in [1.165, 1.54) is 10.5 Å². The van der Waals surface area contributed by atoms with Crippen LogP contribution < -0.4 is 5.73 Å². The molecule has 3 heteroatoms. The van der Waals surface area contributed by atoms with Crippen molar-refractivity contribution in [3.63, 3.8) is 0 Å². The van der Waals surface area contributed by atoms with Gasteiger partial charge in [-0.3, -0.25) is 0 Å². The maximum atomic E-state index is 5.86. The third-order valence-corrected chi connectivity index (χ3v) is 4.37. The maximum Gasteiger partial charge on any atom is 0.118 e. The van der Waals surface area contributed by atoms with Crippen LogP contribution in [0.25, 0.3) is 0 Å². The molecule has 102 valence electrons. The van der Waals surface area contributed by atoms with Crippen molar-refractivity contribution in [2.75, 3.05) is 6.54 Å². The Morgan fingerprint density at radius 2 is 1.79 bits per heavy atom. The van der Waals surface area contributed by atoms with Crippen LogP contribution in [0.1, 0.15) is 42.1 Å². The van der Waals surface area contributed by atoms with Crippen LogP contribution in [-0.2, 0) is 0 Å². The van der Waals surface area contributed by atoms with Crippen molar-refractivity contribution in [3.05, 3.63) is 53.5 Å². The molecule has 0 bridgehead atoms. The first-order valence-electron chi connectivity index (χ1n) is 6.63. The fraction of sp³-hybridized carbons (Fsp3) is 0.375. The Morgan fingerprint density at radius 1 is 1.11 bits per heavy atom. The molecule has 2 aromatic rings. The monoisotopic (exact) mass is 275 g/mol. The minimum atomic E-state index is 0.179. The van der Waals surface area contributed by atoms with Crippen LogP contribution in [0.4, 0.5) is 0 Å². The van der Waals surface area contributed by atoms with E-state index in [4.69, 9.17) is 10.2 Å². The number of nitrogens with two attached hydrogens (primary N) is 1. The summed E-state index contributed by atoms with van der Waals surface area (Å²) < 4.78 is 5.67. The van der Waals surface area contributed by atoms with E-state index in [-0.39, 0.29) is 5.25 Å². The Balaban J connectivity index is 2.10. The molecule has 0 spiro atoms. The quantitative estimate of drug-likeness (QED) is 0.816. The fourth-order valence-electron chi connectivity index (χ4n) is 1.94. The van der Waals surface area contributed by atoms with Gasteiger partial charge >= 0.3 is 0 Å². The summed E-state index contributed by atoms with van der Waals surface area (Å²) in [5, 5.41) is 0.179. The van der Waals surface area contributed by atoms with Gasteiger partial charge in [-0.25, -0.2) is 0 Å². The van der Waals surface area contributed by atoms with Crippen molar-refractivity contribution in [1.29, 1.82) is 0 Å². The molecule has 1 aromatic heterocycles. The van der Waals surface area contributed by atoms with Gasteiger partial charge in [0, 0.05) is 11.4 Å². The van der Waals surface area contributed by atoms with E-state index in [9.17, 15) is 0 Å². The van der Waals surface area contributed by atoms with Crippen molar-refractivity contribution in [1.82, 2.24) is 0 Å². The number of furan rings is 1. The molecule has 2 nitrogen and oxygen atoms in total. The predicted molar refractivity (Wildman–Crippen MR) is 81.6 cm³/mol. The highest BCUT2D eigenvalue weighted by Crippen LogP contribution is 2.35. The zero-order chi connectivity index (χ0) is 13.8. The van der Waals surface area contributed by atoms with Gasteiger partial charge in [0.15, 0.2) is 0 Å². The van der Waals surface area contributed by atoms with Crippen molar-refractivity contribution < 1.29 is 4.42 Å². The summed E-state index contributed by atoms with van der Waals surface area (Å²) in [5.74, 6) is 2.46. The van der Waals surface area contributed by atoms with Crippen LogP contribution in [0.3, 0.4) is 0 Å². The van der Waals surface area contributed by atoms with E-state index >= 15 is 0 Å². The lowest BCUT2D eigenvalue weighted by Crippen LogP contribution is -2.08. The SMILES string of the molecule is Cc1ccc(C(CN)Sc2ccc(C(C)C)cc2)o1. The standard InChI is InChI=1S/C16H21NOS/c1-11(2)13-5-7-14(8-6-13)19-16(10-17)15-9-4-12(3)18-15/h4-9,11,16H,10,17H2,1-3H3. The summed E-state index contributed by atoms with van der Waals surface area (Å²) in [4.78, 5) is 1.23. The van der Waals surface area contributed by atoms with Gasteiger partial charge in [0.25, 0.3) is 0 Å². The van der Waals surface area contributed by atoms with Crippen molar-refractivity contribution in [2.24, 2.45) is 5.73 Å². The molecule has 0 aliphatic carbocycles. The average Bonchev–Trinajstić information content (AvgIpc) is 2.83. The molecule has 0 saturated carbocycles. The number of rotatable bonds is 5. The second-order valence-electron chi connectivity index (χ2n) is 5.01. The molecule has 1 atom stereocenters. The minimum absolute atomic E-state index is 0.179. The molecule has 0 fully saturated rings. The molecule has 1 unspecified atom stereocenters. The molecule has 0 amide bonds. The highest BCUT2D eigenvalue weighted by Gasteiger charge is 2.15. The van der Waals surface area contributed by atoms with Gasteiger partial charge < -0.3 is 10.2 Å². The van der Waals surface area contributed by atoms with E-state index in [0.29, 0.717) is 12.5 Å². The molecule has 2 N–H and O–H groups in total. The highest BCUT2D eigenvalue weighted by atomic mass is 32.2. The van der Waals surface area contributed by atoms with E-state index in [2.05, 4.69) is 38.1 Å². The summed E-state index contributed by atoms with van der Waals surface area (Å²) in [6.45, 7) is 6.94. The second-order valence-corrected chi connectivity index (χ2v) is 6.29. The van der Waals surface area contributed by atoms with E-state index in [1.54, 1.807) is 11.8 Å². The third kappa shape index (κ3) is 3.64. The average molecular weight is 275 g/mol. The molecule has 0 aliphatic rings. The largest absolute Gasteiger partial charge is 0.465 e. The molecule has 19 heavy (non-hydrogen) atoms. The number of hydrogen-bond donors (Lipinski definition) is 1. The summed E-state index contributed by atoms with van der Waals surface area (Å²) in [6, 6.07) is 12.7. The Bertz CT molecular complexity index is 516. The van der Waals surface area contributed by atoms with Gasteiger partial charge in [-0.15, -0.1) is 11.8 Å². The van der Waals surface area contributed by atoms with Crippen LogP contribution in [-0.4, -0.2) is 6.54 Å². The Morgan fingerprint density at radius 3 is 2.26 bits per heavy atom. The Hall–Kier alpha value is -1.19. The number of hydrogen-bond acceptors (Lipinski definition) is 3. The summed E-state index contributed by atoms with van der Waals surface area (Å²) in [7, 11) is 0. The number of benzene rings is 1. The topological polar surface area (TPSA) is 39.2 Å². The second kappa shape index (κ2) is 6.31. The fourth-order valence-corrected chi connectivity index (χ4v) is 2.91. The minimum Gasteiger partial charge on any atom is -0.465 e. The molecule has 1 heterocycles. The van der Waals surface area contributed by atoms with Crippen LogP contribution in [0.5, 0.6) is 0 Å². The summed E-state index contributed by atoms with van der Waals surface area (Å²) >= 11 is 1.76. The maximum absolute atomic E-state index is 5.86. The van der Waals surface area contributed by atoms with Crippen molar-refractivity contribution in [2.45, 2.75) is 36.8 Å². The Kier molecular flexibility index (Phi) is 4.72. The summed E-state index contributed by atoms with van der Waals surface area (Å²) in [6.07, 6.45) is 0. The van der Waals surface area contributed by atoms with Crippen molar-refractivity contribution >= 4 is 11.8 Å². The van der Waals surface area contributed by atoms with Gasteiger partial charge in [0.1, 0.15) is 11.5 Å². The summed E-state index contributed by atoms with van der Waals surface area (Å²) in [5.41, 5.74) is 7.22.